The highest BCUT2D eigenvalue weighted by Gasteiger charge is 2.17. The van der Waals surface area contributed by atoms with Crippen LogP contribution < -0.4 is 10.6 Å². The molecule has 2 rings (SSSR count). The van der Waals surface area contributed by atoms with Crippen molar-refractivity contribution in [1.29, 1.82) is 0 Å². The molecule has 1 atom stereocenters. The van der Waals surface area contributed by atoms with Gasteiger partial charge in [-0.2, -0.15) is 0 Å². The molecule has 0 saturated carbocycles. The Balaban J connectivity index is 1.89. The van der Waals surface area contributed by atoms with E-state index in [1.54, 1.807) is 0 Å². The Morgan fingerprint density at radius 3 is 2.94 bits per heavy atom. The highest BCUT2D eigenvalue weighted by atomic mass is 79.9. The van der Waals surface area contributed by atoms with Gasteiger partial charge in [-0.3, -0.25) is 0 Å². The lowest BCUT2D eigenvalue weighted by molar-refractivity contribution is 0.0928. The molecule has 1 unspecified atom stereocenters. The molecule has 0 spiro atoms. The topological polar surface area (TPSA) is 50.4 Å². The fourth-order valence-electron chi connectivity index (χ4n) is 1.56. The molecule has 0 bridgehead atoms. The van der Waals surface area contributed by atoms with E-state index in [0.717, 1.165) is 29.6 Å². The Kier molecular flexibility index (Phi) is 3.79. The van der Waals surface area contributed by atoms with Crippen molar-refractivity contribution in [2.45, 2.75) is 19.1 Å². The molecule has 0 aliphatic carbocycles. The van der Waals surface area contributed by atoms with Crippen LogP contribution in [0.15, 0.2) is 28.7 Å². The summed E-state index contributed by atoms with van der Waals surface area (Å²) in [6.45, 7) is 0.722. The van der Waals surface area contributed by atoms with Gasteiger partial charge in [-0.05, 0) is 40.9 Å². The molecule has 0 radical (unpaired) electrons. The molecule has 16 heavy (non-hydrogen) atoms. The molecule has 1 saturated heterocycles. The van der Waals surface area contributed by atoms with Crippen LogP contribution in [-0.4, -0.2) is 18.9 Å². The fraction of sp³-hybridized carbons (Fsp3) is 0.364. The zero-order chi connectivity index (χ0) is 11.4. The van der Waals surface area contributed by atoms with Crippen molar-refractivity contribution in [2.24, 2.45) is 0 Å². The molecule has 2 N–H and O–H groups in total. The van der Waals surface area contributed by atoms with Gasteiger partial charge >= 0.3 is 6.03 Å². The van der Waals surface area contributed by atoms with Crippen LogP contribution in [0.1, 0.15) is 12.8 Å². The molecular weight excluding hydrogens is 272 g/mol. The predicted octanol–water partition coefficient (Wildman–Crippen LogP) is 2.71. The zero-order valence-electron chi connectivity index (χ0n) is 8.70. The number of para-hydroxylation sites is 1. The number of rotatable bonds is 2. The molecule has 4 nitrogen and oxygen atoms in total. The van der Waals surface area contributed by atoms with Gasteiger partial charge in [0, 0.05) is 11.1 Å². The highest BCUT2D eigenvalue weighted by molar-refractivity contribution is 9.10. The second-order valence-electron chi connectivity index (χ2n) is 3.58. The van der Waals surface area contributed by atoms with Crippen molar-refractivity contribution in [1.82, 2.24) is 5.32 Å². The maximum Gasteiger partial charge on any atom is 0.321 e. The van der Waals surface area contributed by atoms with Gasteiger partial charge < -0.3 is 15.4 Å². The summed E-state index contributed by atoms with van der Waals surface area (Å²) in [6.07, 6.45) is 1.73. The fourth-order valence-corrected chi connectivity index (χ4v) is 1.94. The number of anilines is 1. The van der Waals surface area contributed by atoms with Crippen LogP contribution in [0.3, 0.4) is 0 Å². The minimum atomic E-state index is -0.237. The maximum atomic E-state index is 11.6. The first-order valence-corrected chi connectivity index (χ1v) is 5.98. The van der Waals surface area contributed by atoms with Crippen molar-refractivity contribution >= 4 is 27.6 Å². The Morgan fingerprint density at radius 2 is 2.25 bits per heavy atom. The monoisotopic (exact) mass is 284 g/mol. The number of carbonyl (C=O) groups is 1. The van der Waals surface area contributed by atoms with E-state index in [2.05, 4.69) is 26.6 Å². The molecule has 86 valence electrons. The van der Waals surface area contributed by atoms with Gasteiger partial charge in [0.15, 0.2) is 0 Å². The molecule has 1 aromatic carbocycles. The second-order valence-corrected chi connectivity index (χ2v) is 4.43. The minimum absolute atomic E-state index is 0.150. The molecule has 1 aliphatic heterocycles. The van der Waals surface area contributed by atoms with Gasteiger partial charge in [0.1, 0.15) is 6.23 Å². The summed E-state index contributed by atoms with van der Waals surface area (Å²) in [5, 5.41) is 5.52. The molecule has 2 amide bonds. The van der Waals surface area contributed by atoms with Crippen molar-refractivity contribution in [3.63, 3.8) is 0 Å². The SMILES string of the molecule is O=C(Nc1ccccc1Br)NC1CCCO1. The molecule has 1 fully saturated rings. The van der Waals surface area contributed by atoms with Gasteiger partial charge in [-0.15, -0.1) is 0 Å². The van der Waals surface area contributed by atoms with E-state index < -0.39 is 0 Å². The van der Waals surface area contributed by atoms with Gasteiger partial charge in [0.2, 0.25) is 0 Å². The number of amides is 2. The molecule has 0 aromatic heterocycles. The van der Waals surface area contributed by atoms with Crippen LogP contribution in [0.5, 0.6) is 0 Å². The standard InChI is InChI=1S/C11H13BrN2O2/c12-8-4-1-2-5-9(8)13-11(15)14-10-6-3-7-16-10/h1-2,4-5,10H,3,6-7H2,(H2,13,14,15). The van der Waals surface area contributed by atoms with E-state index in [4.69, 9.17) is 4.74 Å². The van der Waals surface area contributed by atoms with Crippen LogP contribution >= 0.6 is 15.9 Å². The Morgan fingerprint density at radius 1 is 1.44 bits per heavy atom. The first-order valence-electron chi connectivity index (χ1n) is 5.19. The number of halogens is 1. The van der Waals surface area contributed by atoms with Gasteiger partial charge in [0.05, 0.1) is 5.69 Å². The summed E-state index contributed by atoms with van der Waals surface area (Å²) < 4.78 is 6.17. The normalized spacial score (nSPS) is 19.4. The highest BCUT2D eigenvalue weighted by Crippen LogP contribution is 2.21. The summed E-state index contributed by atoms with van der Waals surface area (Å²) >= 11 is 3.36. The summed E-state index contributed by atoms with van der Waals surface area (Å²) in [5.74, 6) is 0. The number of urea groups is 1. The maximum absolute atomic E-state index is 11.6. The van der Waals surface area contributed by atoms with Crippen molar-refractivity contribution < 1.29 is 9.53 Å². The van der Waals surface area contributed by atoms with Gasteiger partial charge in [-0.1, -0.05) is 12.1 Å². The van der Waals surface area contributed by atoms with E-state index in [1.807, 2.05) is 24.3 Å². The lowest BCUT2D eigenvalue weighted by Crippen LogP contribution is -2.37. The lowest BCUT2D eigenvalue weighted by Gasteiger charge is -2.13. The summed E-state index contributed by atoms with van der Waals surface area (Å²) in [4.78, 5) is 11.6. The number of hydrogen-bond acceptors (Lipinski definition) is 2. The smallest absolute Gasteiger partial charge is 0.321 e. The Labute approximate surface area is 102 Å². The molecule has 1 heterocycles. The molecular formula is C11H13BrN2O2. The number of nitrogens with one attached hydrogen (secondary N) is 2. The van der Waals surface area contributed by atoms with Crippen LogP contribution in [0.25, 0.3) is 0 Å². The average Bonchev–Trinajstić information content (AvgIpc) is 2.74. The van der Waals surface area contributed by atoms with E-state index >= 15 is 0 Å². The molecule has 5 heteroatoms. The van der Waals surface area contributed by atoms with Crippen LogP contribution in [-0.2, 0) is 4.74 Å². The van der Waals surface area contributed by atoms with Crippen LogP contribution in [0.2, 0.25) is 0 Å². The first-order chi connectivity index (χ1) is 7.75. The van der Waals surface area contributed by atoms with Gasteiger partial charge in [-0.25, -0.2) is 4.79 Å². The van der Waals surface area contributed by atoms with Crippen molar-refractivity contribution in [2.75, 3.05) is 11.9 Å². The Hall–Kier alpha value is -1.07. The van der Waals surface area contributed by atoms with Crippen molar-refractivity contribution in [3.8, 4) is 0 Å². The Bertz CT molecular complexity index is 378. The second kappa shape index (κ2) is 5.32. The van der Waals surface area contributed by atoms with Gasteiger partial charge in [0.25, 0.3) is 0 Å². The summed E-state index contributed by atoms with van der Waals surface area (Å²) in [5.41, 5.74) is 0.748. The third kappa shape index (κ3) is 2.96. The quantitative estimate of drug-likeness (QED) is 0.877. The number of ether oxygens (including phenoxy) is 1. The molecule has 1 aromatic rings. The van der Waals surface area contributed by atoms with Crippen LogP contribution in [0.4, 0.5) is 10.5 Å². The number of benzene rings is 1. The van der Waals surface area contributed by atoms with E-state index in [0.29, 0.717) is 0 Å². The summed E-state index contributed by atoms with van der Waals surface area (Å²) in [6, 6.07) is 7.24. The third-order valence-corrected chi connectivity index (χ3v) is 3.04. The summed E-state index contributed by atoms with van der Waals surface area (Å²) in [7, 11) is 0. The van der Waals surface area contributed by atoms with Crippen molar-refractivity contribution in [3.05, 3.63) is 28.7 Å². The first kappa shape index (κ1) is 11.4. The van der Waals surface area contributed by atoms with E-state index in [1.165, 1.54) is 0 Å². The zero-order valence-corrected chi connectivity index (χ0v) is 10.3. The predicted molar refractivity (Wildman–Crippen MR) is 65.3 cm³/mol. The number of hydrogen-bond donors (Lipinski definition) is 2. The third-order valence-electron chi connectivity index (χ3n) is 2.34. The average molecular weight is 285 g/mol. The largest absolute Gasteiger partial charge is 0.358 e. The van der Waals surface area contributed by atoms with E-state index in [9.17, 15) is 4.79 Å². The lowest BCUT2D eigenvalue weighted by atomic mass is 10.3. The molecule has 1 aliphatic rings. The minimum Gasteiger partial charge on any atom is -0.358 e. The van der Waals surface area contributed by atoms with Crippen LogP contribution in [0, 0.1) is 0 Å². The van der Waals surface area contributed by atoms with E-state index in [-0.39, 0.29) is 12.3 Å². The number of carbonyl (C=O) groups excluding carboxylic acids is 1.